The van der Waals surface area contributed by atoms with Gasteiger partial charge >= 0.3 is 18.4 Å². The molecule has 0 aliphatic heterocycles. The molecule has 2 aromatic carbocycles. The smallest absolute Gasteiger partial charge is 0.457 e. The van der Waals surface area contributed by atoms with Crippen LogP contribution in [0.4, 0.5) is 26.3 Å². The Morgan fingerprint density at radius 2 is 1.57 bits per heavy atom. The molecule has 2 rings (SSSR count). The lowest BCUT2D eigenvalue weighted by molar-refractivity contribution is -0.274. The van der Waals surface area contributed by atoms with Gasteiger partial charge in [0.05, 0.1) is 0 Å². The summed E-state index contributed by atoms with van der Waals surface area (Å²) in [6.45, 7) is -0.393. The highest BCUT2D eigenvalue weighted by atomic mass is 79.9. The topological polar surface area (TPSA) is 38.8 Å². The minimum absolute atomic E-state index is 0.124. The van der Waals surface area contributed by atoms with Gasteiger partial charge in [-0.15, -0.1) is 13.2 Å². The van der Waals surface area contributed by atoms with Gasteiger partial charge in [0.2, 0.25) is 0 Å². The monoisotopic (exact) mass is 471 g/mol. The van der Waals surface area contributed by atoms with Crippen molar-refractivity contribution >= 4 is 21.8 Å². The van der Waals surface area contributed by atoms with Gasteiger partial charge in [-0.2, -0.15) is 13.2 Å². The Labute approximate surface area is 163 Å². The van der Waals surface area contributed by atoms with Gasteiger partial charge in [0.25, 0.3) is 0 Å². The highest BCUT2D eigenvalue weighted by molar-refractivity contribution is 9.10. The van der Waals surface area contributed by atoms with E-state index in [1.54, 1.807) is 6.07 Å². The van der Waals surface area contributed by atoms with Gasteiger partial charge in [0, 0.05) is 23.6 Å². The van der Waals surface area contributed by atoms with E-state index in [1.807, 2.05) is 0 Å². The normalized spacial score (nSPS) is 11.9. The van der Waals surface area contributed by atoms with E-state index in [0.29, 0.717) is 9.37 Å². The molecule has 2 aromatic rings. The third kappa shape index (κ3) is 6.32. The maximum Gasteiger partial charge on any atom is 0.573 e. The highest BCUT2D eigenvalue weighted by Crippen LogP contribution is 2.32. The summed E-state index contributed by atoms with van der Waals surface area (Å²) in [5, 5.41) is 0. The molecule has 0 unspecified atom stereocenters. The average Bonchev–Trinajstić information content (AvgIpc) is 2.56. The van der Waals surface area contributed by atoms with Crippen LogP contribution in [0.3, 0.4) is 0 Å². The molecule has 0 saturated heterocycles. The summed E-state index contributed by atoms with van der Waals surface area (Å²) >= 11 is 3.20. The number of nitrogens with zero attached hydrogens (tertiary/aromatic N) is 1. The van der Waals surface area contributed by atoms with E-state index in [1.165, 1.54) is 24.3 Å². The maximum atomic E-state index is 12.5. The van der Waals surface area contributed by atoms with E-state index in [2.05, 4.69) is 20.7 Å². The SMILES string of the molecule is CN(Cc1ccc(Br)cc1Oc1ccc(OC(F)(F)F)cc1)C(=O)C(F)(F)F. The molecule has 0 spiro atoms. The first-order valence-electron chi connectivity index (χ1n) is 7.49. The van der Waals surface area contributed by atoms with Crippen molar-refractivity contribution in [3.8, 4) is 17.2 Å². The number of halogens is 7. The first kappa shape index (κ1) is 21.9. The van der Waals surface area contributed by atoms with E-state index in [-0.39, 0.29) is 17.1 Å². The van der Waals surface area contributed by atoms with Crippen molar-refractivity contribution in [1.82, 2.24) is 4.90 Å². The quantitative estimate of drug-likeness (QED) is 0.528. The van der Waals surface area contributed by atoms with Crippen LogP contribution in [0, 0.1) is 0 Å². The molecular weight excluding hydrogens is 460 g/mol. The van der Waals surface area contributed by atoms with Crippen LogP contribution in [-0.4, -0.2) is 30.4 Å². The fourth-order valence-electron chi connectivity index (χ4n) is 2.13. The third-order valence-electron chi connectivity index (χ3n) is 3.31. The number of carbonyl (C=O) groups excluding carboxylic acids is 1. The lowest BCUT2D eigenvalue weighted by Crippen LogP contribution is -2.38. The molecule has 1 amide bonds. The summed E-state index contributed by atoms with van der Waals surface area (Å²) < 4.78 is 84.1. The van der Waals surface area contributed by atoms with Crippen LogP contribution in [0.2, 0.25) is 0 Å². The molecule has 0 N–H and O–H groups in total. The second kappa shape index (κ2) is 8.29. The average molecular weight is 472 g/mol. The van der Waals surface area contributed by atoms with Crippen molar-refractivity contribution in [3.63, 3.8) is 0 Å². The first-order chi connectivity index (χ1) is 12.8. The van der Waals surface area contributed by atoms with Gasteiger partial charge in [-0.05, 0) is 36.4 Å². The molecule has 28 heavy (non-hydrogen) atoms. The fraction of sp³-hybridized carbons (Fsp3) is 0.235. The largest absolute Gasteiger partial charge is 0.573 e. The predicted molar refractivity (Wildman–Crippen MR) is 89.9 cm³/mol. The minimum Gasteiger partial charge on any atom is -0.457 e. The lowest BCUT2D eigenvalue weighted by atomic mass is 10.2. The van der Waals surface area contributed by atoms with Crippen molar-refractivity contribution in [2.45, 2.75) is 19.1 Å². The summed E-state index contributed by atoms with van der Waals surface area (Å²) in [4.78, 5) is 11.8. The van der Waals surface area contributed by atoms with Crippen molar-refractivity contribution in [3.05, 3.63) is 52.5 Å². The maximum absolute atomic E-state index is 12.5. The molecule has 152 valence electrons. The lowest BCUT2D eigenvalue weighted by Gasteiger charge is -2.20. The number of amides is 1. The van der Waals surface area contributed by atoms with Crippen LogP contribution >= 0.6 is 15.9 Å². The highest BCUT2D eigenvalue weighted by Gasteiger charge is 2.41. The summed E-state index contributed by atoms with van der Waals surface area (Å²) in [5.41, 5.74) is 0.263. The van der Waals surface area contributed by atoms with Crippen molar-refractivity contribution in [2.75, 3.05) is 7.05 Å². The zero-order valence-corrected chi connectivity index (χ0v) is 15.7. The Hall–Kier alpha value is -2.43. The number of alkyl halides is 6. The summed E-state index contributed by atoms with van der Waals surface area (Å²) in [6, 6.07) is 8.93. The van der Waals surface area contributed by atoms with Crippen molar-refractivity contribution < 1.29 is 40.6 Å². The molecule has 0 aliphatic rings. The van der Waals surface area contributed by atoms with Crippen molar-refractivity contribution in [2.24, 2.45) is 0 Å². The second-order valence-electron chi connectivity index (χ2n) is 5.53. The van der Waals surface area contributed by atoms with E-state index < -0.39 is 30.7 Å². The zero-order valence-electron chi connectivity index (χ0n) is 14.1. The fourth-order valence-corrected chi connectivity index (χ4v) is 2.47. The standard InChI is InChI=1S/C17H12BrF6NO3/c1-25(15(26)16(19,20)21)9-10-2-3-11(18)8-14(10)27-12-4-6-13(7-5-12)28-17(22,23)24/h2-8H,9H2,1H3. The molecule has 0 bridgehead atoms. The van der Waals surface area contributed by atoms with Crippen molar-refractivity contribution in [1.29, 1.82) is 0 Å². The Morgan fingerprint density at radius 1 is 1.00 bits per heavy atom. The number of ether oxygens (including phenoxy) is 2. The van der Waals surface area contributed by atoms with Crippen LogP contribution in [0.1, 0.15) is 5.56 Å². The van der Waals surface area contributed by atoms with Crippen LogP contribution < -0.4 is 9.47 Å². The molecule has 11 heteroatoms. The van der Waals surface area contributed by atoms with Crippen LogP contribution in [-0.2, 0) is 11.3 Å². The molecule has 4 nitrogen and oxygen atoms in total. The Kier molecular flexibility index (Phi) is 6.48. The first-order valence-corrected chi connectivity index (χ1v) is 8.29. The van der Waals surface area contributed by atoms with Gasteiger partial charge in [-0.3, -0.25) is 4.79 Å². The third-order valence-corrected chi connectivity index (χ3v) is 3.80. The molecule has 0 radical (unpaired) electrons. The number of hydrogen-bond acceptors (Lipinski definition) is 3. The summed E-state index contributed by atoms with van der Waals surface area (Å²) in [5.74, 6) is -2.22. The molecule has 0 heterocycles. The van der Waals surface area contributed by atoms with E-state index in [9.17, 15) is 31.1 Å². The summed E-state index contributed by atoms with van der Waals surface area (Å²) in [7, 11) is 0.991. The van der Waals surface area contributed by atoms with Gasteiger partial charge in [0.1, 0.15) is 17.2 Å². The Balaban J connectivity index is 2.19. The minimum atomic E-state index is -5.01. The van der Waals surface area contributed by atoms with Crippen LogP contribution in [0.25, 0.3) is 0 Å². The van der Waals surface area contributed by atoms with E-state index in [4.69, 9.17) is 4.74 Å². The van der Waals surface area contributed by atoms with Gasteiger partial charge in [0.15, 0.2) is 0 Å². The van der Waals surface area contributed by atoms with E-state index in [0.717, 1.165) is 19.2 Å². The Morgan fingerprint density at radius 3 is 2.11 bits per heavy atom. The number of carbonyl (C=O) groups is 1. The zero-order chi connectivity index (χ0) is 21.1. The van der Waals surface area contributed by atoms with Gasteiger partial charge in [-0.25, -0.2) is 0 Å². The molecule has 0 saturated carbocycles. The Bertz CT molecular complexity index is 836. The second-order valence-corrected chi connectivity index (χ2v) is 6.45. The van der Waals surface area contributed by atoms with Gasteiger partial charge < -0.3 is 14.4 Å². The molecule has 0 aromatic heterocycles. The molecule has 0 atom stereocenters. The van der Waals surface area contributed by atoms with Gasteiger partial charge in [-0.1, -0.05) is 22.0 Å². The predicted octanol–water partition coefficient (Wildman–Crippen LogP) is 5.66. The number of benzene rings is 2. The number of rotatable bonds is 5. The molecule has 0 aliphatic carbocycles. The number of hydrogen-bond donors (Lipinski definition) is 0. The van der Waals surface area contributed by atoms with Crippen LogP contribution in [0.5, 0.6) is 17.2 Å². The molecular formula is C17H12BrF6NO3. The summed E-state index contributed by atoms with van der Waals surface area (Å²) in [6.07, 6.45) is -9.85. The van der Waals surface area contributed by atoms with Crippen LogP contribution in [0.15, 0.2) is 46.9 Å². The van der Waals surface area contributed by atoms with E-state index >= 15 is 0 Å². The molecule has 0 fully saturated rings.